The molecule has 0 bridgehead atoms. The van der Waals surface area contributed by atoms with Gasteiger partial charge in [-0.15, -0.1) is 12.4 Å². The highest BCUT2D eigenvalue weighted by molar-refractivity contribution is 5.97. The van der Waals surface area contributed by atoms with Crippen LogP contribution in [-0.2, 0) is 4.74 Å². The Labute approximate surface area is 156 Å². The van der Waals surface area contributed by atoms with Crippen molar-refractivity contribution < 1.29 is 9.53 Å². The molecule has 0 saturated heterocycles. The van der Waals surface area contributed by atoms with Crippen LogP contribution in [0.3, 0.4) is 0 Å². The third kappa shape index (κ3) is 5.76. The smallest absolute Gasteiger partial charge is 0.418 e. The number of benzene rings is 2. The van der Waals surface area contributed by atoms with Crippen molar-refractivity contribution in [3.8, 4) is 0 Å². The van der Waals surface area contributed by atoms with Gasteiger partial charge in [0.05, 0.1) is 18.0 Å². The number of nitrogens with zero attached hydrogens (tertiary/aromatic N) is 2. The Morgan fingerprint density at radius 1 is 0.920 bits per heavy atom. The number of carbonyl (C=O) groups is 1. The lowest BCUT2D eigenvalue weighted by atomic mass is 10.1. The molecule has 0 aliphatic carbocycles. The summed E-state index contributed by atoms with van der Waals surface area (Å²) < 4.78 is 5.53. The topological polar surface area (TPSA) is 32.8 Å². The Kier molecular flexibility index (Phi) is 8.46. The van der Waals surface area contributed by atoms with Crippen LogP contribution in [0.2, 0.25) is 0 Å². The molecule has 2 aromatic rings. The third-order valence-corrected chi connectivity index (χ3v) is 3.87. The summed E-state index contributed by atoms with van der Waals surface area (Å²) >= 11 is 0. The lowest BCUT2D eigenvalue weighted by Gasteiger charge is -2.25. The van der Waals surface area contributed by atoms with Gasteiger partial charge in [0, 0.05) is 6.54 Å². The van der Waals surface area contributed by atoms with Crippen molar-refractivity contribution in [2.75, 3.05) is 32.1 Å². The molecule has 25 heavy (non-hydrogen) atoms. The van der Waals surface area contributed by atoms with E-state index >= 15 is 0 Å². The summed E-state index contributed by atoms with van der Waals surface area (Å²) in [5, 5.41) is 0. The van der Waals surface area contributed by atoms with E-state index in [9.17, 15) is 4.79 Å². The lowest BCUT2D eigenvalue weighted by Crippen LogP contribution is -2.29. The van der Waals surface area contributed by atoms with Crippen LogP contribution >= 0.6 is 12.4 Å². The zero-order valence-electron chi connectivity index (χ0n) is 15.4. The highest BCUT2D eigenvalue weighted by atomic mass is 35.5. The van der Waals surface area contributed by atoms with Crippen molar-refractivity contribution in [3.63, 3.8) is 0 Å². The summed E-state index contributed by atoms with van der Waals surface area (Å²) in [7, 11) is 4.02. The Hall–Kier alpha value is -2.04. The standard InChI is InChI=1S/C20H26N2O2.ClH/c1-16-10-5-7-12-18(16)22(19-13-8-6-11-17(19)2)20(23)24-15-9-14-21(3)4;/h5-8,10-13H,9,14-15H2,1-4H3;1H. The van der Waals surface area contributed by atoms with E-state index in [1.165, 1.54) is 0 Å². The van der Waals surface area contributed by atoms with Crippen LogP contribution in [-0.4, -0.2) is 38.2 Å². The highest BCUT2D eigenvalue weighted by Gasteiger charge is 2.22. The predicted molar refractivity (Wildman–Crippen MR) is 106 cm³/mol. The predicted octanol–water partition coefficient (Wildman–Crippen LogP) is 4.95. The van der Waals surface area contributed by atoms with E-state index in [0.717, 1.165) is 35.5 Å². The molecule has 136 valence electrons. The largest absolute Gasteiger partial charge is 0.449 e. The van der Waals surface area contributed by atoms with Gasteiger partial charge in [-0.25, -0.2) is 9.69 Å². The molecule has 0 atom stereocenters. The number of halogens is 1. The molecule has 0 spiro atoms. The fourth-order valence-corrected chi connectivity index (χ4v) is 2.56. The van der Waals surface area contributed by atoms with Crippen LogP contribution < -0.4 is 4.90 Å². The molecule has 5 heteroatoms. The summed E-state index contributed by atoms with van der Waals surface area (Å²) in [6, 6.07) is 15.7. The molecule has 4 nitrogen and oxygen atoms in total. The number of hydrogen-bond acceptors (Lipinski definition) is 3. The van der Waals surface area contributed by atoms with Crippen LogP contribution in [0.5, 0.6) is 0 Å². The van der Waals surface area contributed by atoms with Crippen LogP contribution in [0.25, 0.3) is 0 Å². The summed E-state index contributed by atoms with van der Waals surface area (Å²) in [4.78, 5) is 16.5. The fraction of sp³-hybridized carbons (Fsp3) is 0.350. The first-order valence-corrected chi connectivity index (χ1v) is 8.23. The van der Waals surface area contributed by atoms with Crippen molar-refractivity contribution in [1.82, 2.24) is 4.90 Å². The molecule has 0 aliphatic heterocycles. The highest BCUT2D eigenvalue weighted by Crippen LogP contribution is 2.31. The quantitative estimate of drug-likeness (QED) is 0.681. The molecular formula is C20H27ClN2O2. The number of rotatable bonds is 6. The normalized spacial score (nSPS) is 10.3. The molecule has 0 N–H and O–H groups in total. The Morgan fingerprint density at radius 2 is 1.40 bits per heavy atom. The summed E-state index contributed by atoms with van der Waals surface area (Å²) in [6.45, 7) is 5.30. The number of ether oxygens (including phenoxy) is 1. The summed E-state index contributed by atoms with van der Waals surface area (Å²) in [5.74, 6) is 0. The molecule has 0 aromatic heterocycles. The van der Waals surface area contributed by atoms with Crippen molar-refractivity contribution in [2.45, 2.75) is 20.3 Å². The first-order chi connectivity index (χ1) is 11.5. The van der Waals surface area contributed by atoms with Crippen LogP contribution in [0.4, 0.5) is 16.2 Å². The zero-order chi connectivity index (χ0) is 17.5. The minimum atomic E-state index is -0.336. The first-order valence-electron chi connectivity index (χ1n) is 8.23. The Morgan fingerprint density at radius 3 is 1.84 bits per heavy atom. The maximum atomic E-state index is 12.8. The molecular weight excluding hydrogens is 336 g/mol. The van der Waals surface area contributed by atoms with Gasteiger partial charge in [0.25, 0.3) is 0 Å². The molecule has 0 fully saturated rings. The second-order valence-corrected chi connectivity index (χ2v) is 6.18. The lowest BCUT2D eigenvalue weighted by molar-refractivity contribution is 0.151. The van der Waals surface area contributed by atoms with E-state index in [-0.39, 0.29) is 18.5 Å². The van der Waals surface area contributed by atoms with E-state index in [1.807, 2.05) is 76.5 Å². The van der Waals surface area contributed by atoms with Gasteiger partial charge in [-0.05, 0) is 57.6 Å². The van der Waals surface area contributed by atoms with Gasteiger partial charge in [-0.1, -0.05) is 36.4 Å². The Bertz CT molecular complexity index is 643. The van der Waals surface area contributed by atoms with Crippen molar-refractivity contribution >= 4 is 29.9 Å². The molecule has 0 aliphatic rings. The van der Waals surface area contributed by atoms with E-state index in [0.29, 0.717) is 6.61 Å². The molecule has 2 rings (SSSR count). The van der Waals surface area contributed by atoms with E-state index < -0.39 is 0 Å². The summed E-state index contributed by atoms with van der Waals surface area (Å²) in [6.07, 6.45) is 0.478. The number of carbonyl (C=O) groups excluding carboxylic acids is 1. The number of anilines is 2. The van der Waals surface area contributed by atoms with E-state index in [2.05, 4.69) is 4.90 Å². The fourth-order valence-electron chi connectivity index (χ4n) is 2.56. The minimum Gasteiger partial charge on any atom is -0.449 e. The minimum absolute atomic E-state index is 0. The van der Waals surface area contributed by atoms with Crippen LogP contribution in [0.15, 0.2) is 48.5 Å². The summed E-state index contributed by atoms with van der Waals surface area (Å²) in [5.41, 5.74) is 3.77. The molecule has 2 aromatic carbocycles. The average molecular weight is 363 g/mol. The van der Waals surface area contributed by atoms with Crippen molar-refractivity contribution in [3.05, 3.63) is 59.7 Å². The number of hydrogen-bond donors (Lipinski definition) is 0. The van der Waals surface area contributed by atoms with Crippen LogP contribution in [0.1, 0.15) is 17.5 Å². The number of para-hydroxylation sites is 2. The monoisotopic (exact) mass is 362 g/mol. The van der Waals surface area contributed by atoms with E-state index in [4.69, 9.17) is 4.74 Å². The van der Waals surface area contributed by atoms with Gasteiger partial charge in [-0.3, -0.25) is 0 Å². The molecule has 1 amide bonds. The van der Waals surface area contributed by atoms with Gasteiger partial charge in [0.2, 0.25) is 0 Å². The van der Waals surface area contributed by atoms with Crippen molar-refractivity contribution in [2.24, 2.45) is 0 Å². The molecule has 0 radical (unpaired) electrons. The first kappa shape index (κ1) is 21.0. The molecule has 0 heterocycles. The molecule has 0 saturated carbocycles. The second kappa shape index (κ2) is 10.1. The molecule has 0 unspecified atom stereocenters. The second-order valence-electron chi connectivity index (χ2n) is 6.18. The number of aryl methyl sites for hydroxylation is 2. The van der Waals surface area contributed by atoms with Gasteiger partial charge in [0.15, 0.2) is 0 Å². The maximum Gasteiger partial charge on any atom is 0.418 e. The van der Waals surface area contributed by atoms with Gasteiger partial charge in [0.1, 0.15) is 0 Å². The van der Waals surface area contributed by atoms with Crippen molar-refractivity contribution in [1.29, 1.82) is 0 Å². The Balaban J connectivity index is 0.00000312. The van der Waals surface area contributed by atoms with Crippen LogP contribution in [0, 0.1) is 13.8 Å². The zero-order valence-corrected chi connectivity index (χ0v) is 16.2. The third-order valence-electron chi connectivity index (χ3n) is 3.87. The maximum absolute atomic E-state index is 12.8. The number of amides is 1. The van der Waals surface area contributed by atoms with Gasteiger partial charge < -0.3 is 9.64 Å². The van der Waals surface area contributed by atoms with Gasteiger partial charge >= 0.3 is 6.09 Å². The SMILES string of the molecule is Cc1ccccc1N(C(=O)OCCCN(C)C)c1ccccc1C.Cl. The van der Waals surface area contributed by atoms with Gasteiger partial charge in [-0.2, -0.15) is 0 Å². The average Bonchev–Trinajstić information content (AvgIpc) is 2.55. The van der Waals surface area contributed by atoms with E-state index in [1.54, 1.807) is 4.90 Å².